The van der Waals surface area contributed by atoms with Gasteiger partial charge in [-0.3, -0.25) is 4.79 Å². The van der Waals surface area contributed by atoms with Crippen LogP contribution >= 0.6 is 0 Å². The predicted octanol–water partition coefficient (Wildman–Crippen LogP) is 4.17. The lowest BCUT2D eigenvalue weighted by molar-refractivity contribution is -0.144. The Hall–Kier alpha value is -2.96. The molecule has 1 fully saturated rings. The fourth-order valence-electron chi connectivity index (χ4n) is 5.14. The molecule has 1 saturated carbocycles. The van der Waals surface area contributed by atoms with E-state index in [1.165, 1.54) is 0 Å². The number of hydrogen-bond donors (Lipinski definition) is 1. The van der Waals surface area contributed by atoms with Crippen LogP contribution in [0.1, 0.15) is 63.4 Å². The predicted molar refractivity (Wildman–Crippen MR) is 119 cm³/mol. The zero-order valence-corrected chi connectivity index (χ0v) is 19.2. The van der Waals surface area contributed by atoms with Gasteiger partial charge in [-0.25, -0.2) is 4.79 Å². The maximum absolute atomic E-state index is 13.5. The molecule has 3 aliphatic rings. The van der Waals surface area contributed by atoms with Crippen molar-refractivity contribution in [2.45, 2.75) is 63.9 Å². The standard InChI is InChI=1S/C25H31NO6/c1-14-20(25(28)32-15-8-5-6-9-15)21(22-17(26-14)10-7-11-18(22)27)16-12-13-19(29-2)24(31-4)23(16)30-3/h12-13,15,21,26H,5-11H2,1-4H3. The third-order valence-electron chi connectivity index (χ3n) is 6.62. The number of carbonyl (C=O) groups excluding carboxylic acids is 2. The first-order chi connectivity index (χ1) is 15.5. The van der Waals surface area contributed by atoms with E-state index in [1.54, 1.807) is 27.4 Å². The summed E-state index contributed by atoms with van der Waals surface area (Å²) in [7, 11) is 4.65. The third-order valence-corrected chi connectivity index (χ3v) is 6.62. The zero-order valence-electron chi connectivity index (χ0n) is 19.2. The SMILES string of the molecule is COc1ccc(C2C(C(=O)OC3CCCC3)=C(C)NC3=C2C(=O)CCC3)c(OC)c1OC. The molecule has 4 rings (SSSR count). The number of Topliss-reactive ketones (excluding diaryl/α,β-unsaturated/α-hetero) is 1. The minimum atomic E-state index is -0.595. The lowest BCUT2D eigenvalue weighted by atomic mass is 9.75. The molecule has 1 unspecified atom stereocenters. The fourth-order valence-corrected chi connectivity index (χ4v) is 5.14. The number of nitrogens with one attached hydrogen (secondary N) is 1. The molecular formula is C25H31NO6. The summed E-state index contributed by atoms with van der Waals surface area (Å²) in [6.45, 7) is 1.87. The summed E-state index contributed by atoms with van der Waals surface area (Å²) in [6.07, 6.45) is 5.81. The molecule has 0 bridgehead atoms. The minimum Gasteiger partial charge on any atom is -0.493 e. The minimum absolute atomic E-state index is 0.0410. The second-order valence-electron chi connectivity index (χ2n) is 8.50. The van der Waals surface area contributed by atoms with Crippen LogP contribution in [0.5, 0.6) is 17.2 Å². The number of esters is 1. The molecule has 32 heavy (non-hydrogen) atoms. The Balaban J connectivity index is 1.87. The summed E-state index contributed by atoms with van der Waals surface area (Å²) in [4.78, 5) is 26.6. The average molecular weight is 442 g/mol. The third kappa shape index (κ3) is 3.85. The van der Waals surface area contributed by atoms with Crippen LogP contribution in [0.3, 0.4) is 0 Å². The number of carbonyl (C=O) groups is 2. The molecule has 0 aromatic heterocycles. The fraction of sp³-hybridized carbons (Fsp3) is 0.520. The van der Waals surface area contributed by atoms with Crippen LogP contribution in [0.25, 0.3) is 0 Å². The van der Waals surface area contributed by atoms with E-state index in [4.69, 9.17) is 18.9 Å². The lowest BCUT2D eigenvalue weighted by Crippen LogP contribution is -2.35. The molecule has 1 atom stereocenters. The van der Waals surface area contributed by atoms with E-state index in [9.17, 15) is 9.59 Å². The Kier molecular flexibility index (Phi) is 6.44. The van der Waals surface area contributed by atoms with E-state index < -0.39 is 5.92 Å². The van der Waals surface area contributed by atoms with Gasteiger partial charge in [0.25, 0.3) is 0 Å². The molecule has 1 N–H and O–H groups in total. The van der Waals surface area contributed by atoms with Crippen LogP contribution in [0.4, 0.5) is 0 Å². The average Bonchev–Trinajstić information content (AvgIpc) is 3.30. The van der Waals surface area contributed by atoms with Crippen molar-refractivity contribution in [2.24, 2.45) is 0 Å². The smallest absolute Gasteiger partial charge is 0.337 e. The van der Waals surface area contributed by atoms with Gasteiger partial charge in [-0.1, -0.05) is 6.07 Å². The van der Waals surface area contributed by atoms with Gasteiger partial charge in [-0.05, 0) is 51.5 Å². The molecule has 1 heterocycles. The van der Waals surface area contributed by atoms with Crippen molar-refractivity contribution in [2.75, 3.05) is 21.3 Å². The van der Waals surface area contributed by atoms with E-state index in [0.717, 1.165) is 44.2 Å². The lowest BCUT2D eigenvalue weighted by Gasteiger charge is -2.35. The van der Waals surface area contributed by atoms with Crippen LogP contribution in [-0.4, -0.2) is 39.2 Å². The highest BCUT2D eigenvalue weighted by Gasteiger charge is 2.41. The van der Waals surface area contributed by atoms with Gasteiger partial charge in [0.2, 0.25) is 5.75 Å². The van der Waals surface area contributed by atoms with E-state index in [-0.39, 0.29) is 17.9 Å². The number of rotatable bonds is 6. The van der Waals surface area contributed by atoms with Crippen molar-refractivity contribution in [1.29, 1.82) is 0 Å². The van der Waals surface area contributed by atoms with Crippen LogP contribution in [-0.2, 0) is 14.3 Å². The largest absolute Gasteiger partial charge is 0.493 e. The zero-order chi connectivity index (χ0) is 22.8. The molecule has 7 nitrogen and oxygen atoms in total. The molecule has 1 aliphatic heterocycles. The van der Waals surface area contributed by atoms with Gasteiger partial charge in [-0.2, -0.15) is 0 Å². The Morgan fingerprint density at radius 1 is 0.969 bits per heavy atom. The van der Waals surface area contributed by atoms with Gasteiger partial charge in [0.1, 0.15) is 6.10 Å². The molecule has 7 heteroatoms. The number of ketones is 1. The Morgan fingerprint density at radius 2 is 1.69 bits per heavy atom. The van der Waals surface area contributed by atoms with Gasteiger partial charge in [0.15, 0.2) is 17.3 Å². The van der Waals surface area contributed by atoms with Crippen molar-refractivity contribution < 1.29 is 28.5 Å². The van der Waals surface area contributed by atoms with Crippen LogP contribution < -0.4 is 19.5 Å². The maximum Gasteiger partial charge on any atom is 0.337 e. The van der Waals surface area contributed by atoms with Crippen molar-refractivity contribution >= 4 is 11.8 Å². The van der Waals surface area contributed by atoms with Crippen molar-refractivity contribution in [3.63, 3.8) is 0 Å². The number of dihydropyridines is 1. The first kappa shape index (κ1) is 22.2. The van der Waals surface area contributed by atoms with Crippen LogP contribution in [0.2, 0.25) is 0 Å². The molecule has 0 spiro atoms. The summed E-state index contributed by atoms with van der Waals surface area (Å²) in [5.74, 6) is 0.457. The van der Waals surface area contributed by atoms with E-state index >= 15 is 0 Å². The number of allylic oxidation sites excluding steroid dienone is 3. The highest BCUT2D eigenvalue weighted by molar-refractivity contribution is 6.04. The van der Waals surface area contributed by atoms with Crippen molar-refractivity contribution in [3.8, 4) is 17.2 Å². The quantitative estimate of drug-likeness (QED) is 0.664. The topological polar surface area (TPSA) is 83.1 Å². The molecular weight excluding hydrogens is 410 g/mol. The summed E-state index contributed by atoms with van der Waals surface area (Å²) >= 11 is 0. The van der Waals surface area contributed by atoms with Crippen molar-refractivity contribution in [1.82, 2.24) is 5.32 Å². The Labute approximate surface area is 188 Å². The van der Waals surface area contributed by atoms with E-state index in [2.05, 4.69) is 5.32 Å². The molecule has 0 amide bonds. The molecule has 1 aromatic carbocycles. The first-order valence-corrected chi connectivity index (χ1v) is 11.2. The van der Waals surface area contributed by atoms with Gasteiger partial charge >= 0.3 is 5.97 Å². The highest BCUT2D eigenvalue weighted by atomic mass is 16.5. The van der Waals surface area contributed by atoms with Gasteiger partial charge < -0.3 is 24.3 Å². The Bertz CT molecular complexity index is 986. The number of benzene rings is 1. The normalized spacial score (nSPS) is 21.2. The number of ether oxygens (including phenoxy) is 4. The molecule has 172 valence electrons. The first-order valence-electron chi connectivity index (χ1n) is 11.2. The molecule has 2 aliphatic carbocycles. The summed E-state index contributed by atoms with van der Waals surface area (Å²) in [5, 5.41) is 3.33. The molecule has 0 saturated heterocycles. The van der Waals surface area contributed by atoms with Crippen LogP contribution in [0, 0.1) is 0 Å². The van der Waals surface area contributed by atoms with E-state index in [1.807, 2.05) is 13.0 Å². The molecule has 0 radical (unpaired) electrons. The van der Waals surface area contributed by atoms with Gasteiger partial charge in [0.05, 0.1) is 32.8 Å². The van der Waals surface area contributed by atoms with Gasteiger partial charge in [0, 0.05) is 29.0 Å². The summed E-state index contributed by atoms with van der Waals surface area (Å²) in [5.41, 5.74) is 3.34. The number of methoxy groups -OCH3 is 3. The second kappa shape index (κ2) is 9.27. The summed E-state index contributed by atoms with van der Waals surface area (Å²) in [6, 6.07) is 3.63. The second-order valence-corrected chi connectivity index (χ2v) is 8.50. The van der Waals surface area contributed by atoms with Crippen LogP contribution in [0.15, 0.2) is 34.7 Å². The van der Waals surface area contributed by atoms with Crippen molar-refractivity contribution in [3.05, 3.63) is 40.2 Å². The highest BCUT2D eigenvalue weighted by Crippen LogP contribution is 2.50. The molecule has 1 aromatic rings. The monoisotopic (exact) mass is 441 g/mol. The Morgan fingerprint density at radius 3 is 2.34 bits per heavy atom. The van der Waals surface area contributed by atoms with Gasteiger partial charge in [-0.15, -0.1) is 0 Å². The van der Waals surface area contributed by atoms with E-state index in [0.29, 0.717) is 46.1 Å². The summed E-state index contributed by atoms with van der Waals surface area (Å²) < 4.78 is 22.7. The maximum atomic E-state index is 13.5. The number of hydrogen-bond acceptors (Lipinski definition) is 7.